The van der Waals surface area contributed by atoms with Gasteiger partial charge in [-0.15, -0.1) is 0 Å². The summed E-state index contributed by atoms with van der Waals surface area (Å²) in [6.45, 7) is 5.10. The van der Waals surface area contributed by atoms with Crippen LogP contribution in [0.2, 0.25) is 0 Å². The molecule has 0 aromatic heterocycles. The third-order valence-corrected chi connectivity index (χ3v) is 6.05. The number of ether oxygens (including phenoxy) is 1. The summed E-state index contributed by atoms with van der Waals surface area (Å²) in [6.07, 6.45) is 3.86. The van der Waals surface area contributed by atoms with Crippen molar-refractivity contribution in [1.29, 1.82) is 0 Å². The van der Waals surface area contributed by atoms with Crippen LogP contribution < -0.4 is 10.1 Å². The van der Waals surface area contributed by atoms with Crippen LogP contribution in [0.25, 0.3) is 0 Å². The zero-order valence-corrected chi connectivity index (χ0v) is 17.5. The Kier molecular flexibility index (Phi) is 7.14. The molecule has 0 unspecified atom stereocenters. The predicted octanol–water partition coefficient (Wildman–Crippen LogP) is 1.65. The molecule has 0 spiro atoms. The highest BCUT2D eigenvalue weighted by Gasteiger charge is 2.35. The number of methoxy groups -OCH3 is 1. The molecule has 2 fully saturated rings. The van der Waals surface area contributed by atoms with E-state index in [2.05, 4.69) is 10.2 Å². The number of nitrogens with zero attached hydrogens (tertiary/aromatic N) is 2. The number of carbonyl (C=O) groups excluding carboxylic acids is 2. The second kappa shape index (κ2) is 9.59. The van der Waals surface area contributed by atoms with Crippen LogP contribution in [-0.4, -0.2) is 78.2 Å². The third kappa shape index (κ3) is 5.70. The van der Waals surface area contributed by atoms with E-state index >= 15 is 0 Å². The average Bonchev–Trinajstić information content (AvgIpc) is 2.90. The van der Waals surface area contributed by atoms with E-state index < -0.39 is 5.60 Å². The van der Waals surface area contributed by atoms with Gasteiger partial charge in [-0.3, -0.25) is 9.59 Å². The second-order valence-corrected chi connectivity index (χ2v) is 8.32. The summed E-state index contributed by atoms with van der Waals surface area (Å²) in [7, 11) is 1.57. The highest BCUT2D eigenvalue weighted by molar-refractivity contribution is 5.97. The molecule has 0 aliphatic carbocycles. The molecule has 2 heterocycles. The van der Waals surface area contributed by atoms with Gasteiger partial charge in [0.25, 0.3) is 5.91 Å². The van der Waals surface area contributed by atoms with Crippen molar-refractivity contribution in [2.45, 2.75) is 50.7 Å². The summed E-state index contributed by atoms with van der Waals surface area (Å²) in [5.74, 6) is 0.563. The van der Waals surface area contributed by atoms with Crippen molar-refractivity contribution in [3.63, 3.8) is 0 Å². The zero-order valence-electron chi connectivity index (χ0n) is 17.5. The van der Waals surface area contributed by atoms with E-state index in [1.807, 2.05) is 17.0 Å². The van der Waals surface area contributed by atoms with E-state index in [1.165, 1.54) is 0 Å². The molecule has 2 amide bonds. The summed E-state index contributed by atoms with van der Waals surface area (Å²) in [6, 6.07) is 7.52. The lowest BCUT2D eigenvalue weighted by Crippen LogP contribution is -2.50. The number of nitrogens with one attached hydrogen (secondary N) is 1. The molecule has 1 aromatic carbocycles. The van der Waals surface area contributed by atoms with Crippen molar-refractivity contribution < 1.29 is 19.4 Å². The Labute approximate surface area is 173 Å². The molecular weight excluding hydrogens is 370 g/mol. The number of para-hydroxylation sites is 1. The lowest BCUT2D eigenvalue weighted by molar-refractivity contribution is -0.120. The number of β-amino-alcohol motifs (C(OH)–C–C–N with tert-alkyl or cyclic N) is 1. The van der Waals surface area contributed by atoms with Crippen LogP contribution in [0.1, 0.15) is 49.4 Å². The first-order valence-corrected chi connectivity index (χ1v) is 10.5. The minimum absolute atomic E-state index is 0.0191. The van der Waals surface area contributed by atoms with Crippen molar-refractivity contribution in [3.8, 4) is 5.75 Å². The Morgan fingerprint density at radius 3 is 2.59 bits per heavy atom. The van der Waals surface area contributed by atoms with Crippen molar-refractivity contribution in [1.82, 2.24) is 15.1 Å². The maximum atomic E-state index is 13.0. The number of carbonyl (C=O) groups is 2. The Bertz CT molecular complexity index is 718. The first-order chi connectivity index (χ1) is 13.9. The molecule has 0 radical (unpaired) electrons. The number of rotatable bonds is 5. The number of piperidine rings is 1. The van der Waals surface area contributed by atoms with Gasteiger partial charge in [0.15, 0.2) is 0 Å². The minimum atomic E-state index is -0.781. The summed E-state index contributed by atoms with van der Waals surface area (Å²) < 4.78 is 5.33. The largest absolute Gasteiger partial charge is 0.496 e. The van der Waals surface area contributed by atoms with Crippen molar-refractivity contribution in [2.24, 2.45) is 0 Å². The van der Waals surface area contributed by atoms with Gasteiger partial charge in [-0.2, -0.15) is 0 Å². The fraction of sp³-hybridized carbons (Fsp3) is 0.636. The zero-order chi connectivity index (χ0) is 20.9. The van der Waals surface area contributed by atoms with E-state index in [4.69, 9.17) is 4.74 Å². The topological polar surface area (TPSA) is 82.1 Å². The molecule has 2 aliphatic heterocycles. The summed E-state index contributed by atoms with van der Waals surface area (Å²) in [4.78, 5) is 28.3. The molecular formula is C22H33N3O4. The molecule has 2 N–H and O–H groups in total. The first-order valence-electron chi connectivity index (χ1n) is 10.5. The van der Waals surface area contributed by atoms with Gasteiger partial charge in [-0.25, -0.2) is 0 Å². The van der Waals surface area contributed by atoms with Crippen LogP contribution in [-0.2, 0) is 4.79 Å². The Morgan fingerprint density at radius 1 is 1.17 bits per heavy atom. The van der Waals surface area contributed by atoms with Crippen LogP contribution in [0.5, 0.6) is 5.75 Å². The molecule has 160 valence electrons. The van der Waals surface area contributed by atoms with Gasteiger partial charge in [0, 0.05) is 45.7 Å². The molecule has 0 saturated carbocycles. The van der Waals surface area contributed by atoms with E-state index in [9.17, 15) is 14.7 Å². The van der Waals surface area contributed by atoms with Gasteiger partial charge >= 0.3 is 0 Å². The summed E-state index contributed by atoms with van der Waals surface area (Å²) >= 11 is 0. The standard InChI is InChI=1S/C22H33N3O4/c1-17(26)23-18-8-13-24(14-9-18)16-22(28)10-5-12-25(15-11-22)21(27)19-6-3-4-7-20(19)29-2/h3-4,6-7,18,28H,5,8-16H2,1-2H3,(H,23,26)/t22-/m0/s1. The molecule has 1 atom stereocenters. The van der Waals surface area contributed by atoms with Gasteiger partial charge in [0.1, 0.15) is 5.75 Å². The Balaban J connectivity index is 1.55. The first kappa shape index (κ1) is 21.6. The predicted molar refractivity (Wildman–Crippen MR) is 111 cm³/mol. The van der Waals surface area contributed by atoms with E-state index in [0.717, 1.165) is 32.4 Å². The third-order valence-electron chi connectivity index (χ3n) is 6.05. The quantitative estimate of drug-likeness (QED) is 0.781. The van der Waals surface area contributed by atoms with Crippen molar-refractivity contribution >= 4 is 11.8 Å². The molecule has 7 nitrogen and oxygen atoms in total. The van der Waals surface area contributed by atoms with E-state index in [1.54, 1.807) is 26.2 Å². The van der Waals surface area contributed by atoms with Crippen molar-refractivity contribution in [3.05, 3.63) is 29.8 Å². The molecule has 29 heavy (non-hydrogen) atoms. The molecule has 2 saturated heterocycles. The average molecular weight is 404 g/mol. The molecule has 2 aliphatic rings. The van der Waals surface area contributed by atoms with Gasteiger partial charge in [-0.1, -0.05) is 12.1 Å². The molecule has 3 rings (SSSR count). The number of likely N-dealkylation sites (tertiary alicyclic amines) is 2. The van der Waals surface area contributed by atoms with Crippen molar-refractivity contribution in [2.75, 3.05) is 39.8 Å². The van der Waals surface area contributed by atoms with Crippen LogP contribution in [0.4, 0.5) is 0 Å². The van der Waals surface area contributed by atoms with Gasteiger partial charge in [0.2, 0.25) is 5.91 Å². The van der Waals surface area contributed by atoms with E-state index in [0.29, 0.717) is 43.8 Å². The number of amides is 2. The number of aliphatic hydroxyl groups is 1. The maximum absolute atomic E-state index is 13.0. The monoisotopic (exact) mass is 403 g/mol. The lowest BCUT2D eigenvalue weighted by atomic mass is 9.93. The number of benzene rings is 1. The van der Waals surface area contributed by atoms with Gasteiger partial charge < -0.3 is 25.0 Å². The highest BCUT2D eigenvalue weighted by atomic mass is 16.5. The van der Waals surface area contributed by atoms with E-state index in [-0.39, 0.29) is 17.9 Å². The summed E-state index contributed by atoms with van der Waals surface area (Å²) in [5, 5.41) is 14.2. The molecule has 1 aromatic rings. The SMILES string of the molecule is COc1ccccc1C(=O)N1CCC[C@@](O)(CN2CCC(NC(C)=O)CC2)CC1. The van der Waals surface area contributed by atoms with Gasteiger partial charge in [-0.05, 0) is 44.2 Å². The molecule has 0 bridgehead atoms. The lowest BCUT2D eigenvalue weighted by Gasteiger charge is -2.38. The molecule has 7 heteroatoms. The minimum Gasteiger partial charge on any atom is -0.496 e. The highest BCUT2D eigenvalue weighted by Crippen LogP contribution is 2.27. The van der Waals surface area contributed by atoms with Crippen LogP contribution in [0.15, 0.2) is 24.3 Å². The summed E-state index contributed by atoms with van der Waals surface area (Å²) in [5.41, 5.74) is -0.211. The smallest absolute Gasteiger partial charge is 0.257 e. The van der Waals surface area contributed by atoms with Crippen LogP contribution in [0.3, 0.4) is 0 Å². The Hall–Kier alpha value is -2.12. The van der Waals surface area contributed by atoms with Crippen LogP contribution in [0, 0.1) is 0 Å². The van der Waals surface area contributed by atoms with Gasteiger partial charge in [0.05, 0.1) is 18.3 Å². The fourth-order valence-corrected chi connectivity index (χ4v) is 4.47. The normalized spacial score (nSPS) is 24.0. The van der Waals surface area contributed by atoms with Crippen LogP contribution >= 0.6 is 0 Å². The fourth-order valence-electron chi connectivity index (χ4n) is 4.47. The maximum Gasteiger partial charge on any atom is 0.257 e. The number of hydrogen-bond donors (Lipinski definition) is 2. The number of hydrogen-bond acceptors (Lipinski definition) is 5. The Morgan fingerprint density at radius 2 is 1.90 bits per heavy atom. The second-order valence-electron chi connectivity index (χ2n) is 8.32.